The number of aliphatic hydroxyl groups is 1. The van der Waals surface area contributed by atoms with Gasteiger partial charge in [-0.25, -0.2) is 4.98 Å². The lowest BCUT2D eigenvalue weighted by molar-refractivity contribution is 0.0676. The van der Waals surface area contributed by atoms with Crippen LogP contribution in [-0.4, -0.2) is 22.0 Å². The summed E-state index contributed by atoms with van der Waals surface area (Å²) in [7, 11) is 2.01. The molecule has 126 valence electrons. The molecule has 0 radical (unpaired) electrons. The lowest BCUT2D eigenvalue weighted by Gasteiger charge is -2.21. The zero-order chi connectivity index (χ0) is 17.6. The number of allylic oxidation sites excluding steroid dienone is 2. The number of hydrogen-bond acceptors (Lipinski definition) is 4. The van der Waals surface area contributed by atoms with E-state index in [2.05, 4.69) is 35.2 Å². The molecular weight excluding hydrogens is 300 g/mol. The monoisotopic (exact) mass is 324 g/mol. The van der Waals surface area contributed by atoms with Crippen LogP contribution in [0.15, 0.2) is 77.9 Å². The molecule has 1 N–H and O–H groups in total. The predicted octanol–water partition coefficient (Wildman–Crippen LogP) is 3.81. The van der Waals surface area contributed by atoms with E-state index < -0.39 is 5.60 Å². The number of aromatic nitrogens is 1. The van der Waals surface area contributed by atoms with Gasteiger partial charge < -0.3 is 9.52 Å². The summed E-state index contributed by atoms with van der Waals surface area (Å²) in [5.74, 6) is 0.948. The Morgan fingerprint density at radius 1 is 1.29 bits per heavy atom. The number of nitrogens with zero attached hydrogens (tertiary/aromatic N) is 2. The van der Waals surface area contributed by atoms with Crippen molar-refractivity contribution in [2.75, 3.05) is 7.05 Å². The quantitative estimate of drug-likeness (QED) is 0.750. The number of oxazole rings is 1. The molecule has 2 aromatic rings. The molecule has 0 aliphatic rings. The third-order valence-corrected chi connectivity index (χ3v) is 3.77. The molecule has 4 nitrogen and oxygen atoms in total. The van der Waals surface area contributed by atoms with Gasteiger partial charge in [0.15, 0.2) is 5.60 Å². The Hall–Kier alpha value is -2.43. The number of rotatable bonds is 8. The van der Waals surface area contributed by atoms with Gasteiger partial charge in [0.05, 0.1) is 12.7 Å². The predicted molar refractivity (Wildman–Crippen MR) is 96.2 cm³/mol. The van der Waals surface area contributed by atoms with Crippen molar-refractivity contribution in [3.05, 3.63) is 90.7 Å². The first-order valence-corrected chi connectivity index (χ1v) is 7.83. The van der Waals surface area contributed by atoms with Crippen LogP contribution in [0.3, 0.4) is 0 Å². The van der Waals surface area contributed by atoms with E-state index in [1.807, 2.05) is 25.2 Å². The van der Waals surface area contributed by atoms with E-state index in [4.69, 9.17) is 4.42 Å². The van der Waals surface area contributed by atoms with Gasteiger partial charge in [-0.3, -0.25) is 4.90 Å². The summed E-state index contributed by atoms with van der Waals surface area (Å²) in [5.41, 5.74) is 0.477. The van der Waals surface area contributed by atoms with E-state index in [1.165, 1.54) is 5.56 Å². The lowest BCUT2D eigenvalue weighted by atomic mass is 9.95. The molecule has 1 unspecified atom stereocenters. The van der Waals surface area contributed by atoms with E-state index in [0.717, 1.165) is 6.54 Å². The second kappa shape index (κ2) is 7.90. The van der Waals surface area contributed by atoms with Crippen LogP contribution >= 0.6 is 0 Å². The topological polar surface area (TPSA) is 49.5 Å². The van der Waals surface area contributed by atoms with Crippen molar-refractivity contribution in [3.8, 4) is 0 Å². The van der Waals surface area contributed by atoms with Crippen LogP contribution in [0.5, 0.6) is 0 Å². The summed E-state index contributed by atoms with van der Waals surface area (Å²) < 4.78 is 5.76. The highest BCUT2D eigenvalue weighted by atomic mass is 16.4. The van der Waals surface area contributed by atoms with Gasteiger partial charge in [-0.15, -0.1) is 0 Å². The van der Waals surface area contributed by atoms with Crippen LogP contribution in [0.4, 0.5) is 0 Å². The smallest absolute Gasteiger partial charge is 0.230 e. The highest BCUT2D eigenvalue weighted by molar-refractivity contribution is 5.32. The molecule has 0 aliphatic carbocycles. The minimum absolute atomic E-state index is 0.249. The summed E-state index contributed by atoms with van der Waals surface area (Å²) in [6, 6.07) is 10.2. The van der Waals surface area contributed by atoms with Gasteiger partial charge in [0.25, 0.3) is 0 Å². The molecule has 0 bridgehead atoms. The Morgan fingerprint density at radius 2 is 2.00 bits per heavy atom. The molecule has 0 saturated heterocycles. The first-order valence-electron chi connectivity index (χ1n) is 7.83. The normalized spacial score (nSPS) is 14.4. The molecule has 1 aromatic carbocycles. The second-order valence-corrected chi connectivity index (χ2v) is 5.92. The first kappa shape index (κ1) is 17.9. The second-order valence-electron chi connectivity index (χ2n) is 5.92. The van der Waals surface area contributed by atoms with Crippen LogP contribution in [-0.2, 0) is 18.7 Å². The molecule has 0 fully saturated rings. The van der Waals surface area contributed by atoms with E-state index >= 15 is 0 Å². The van der Waals surface area contributed by atoms with Crippen LogP contribution < -0.4 is 0 Å². The Balaban J connectivity index is 2.08. The largest absolute Gasteiger partial charge is 0.441 e. The van der Waals surface area contributed by atoms with Crippen molar-refractivity contribution in [1.82, 2.24) is 9.88 Å². The molecule has 2 rings (SSSR count). The Morgan fingerprint density at radius 3 is 2.62 bits per heavy atom. The van der Waals surface area contributed by atoms with Crippen molar-refractivity contribution in [3.63, 3.8) is 0 Å². The van der Waals surface area contributed by atoms with Gasteiger partial charge in [0.2, 0.25) is 5.89 Å². The third-order valence-electron chi connectivity index (χ3n) is 3.77. The standard InChI is InChI=1S/C20H24N2O2/c1-5-10-17(6-2)20(3,23)19-21-13-18(24-19)15-22(4)14-16-11-8-7-9-12-16/h5-13,23H,1-2,14-15H2,3-4H3/b17-10+. The molecule has 0 saturated carbocycles. The van der Waals surface area contributed by atoms with E-state index in [0.29, 0.717) is 17.9 Å². The first-order chi connectivity index (χ1) is 11.5. The van der Waals surface area contributed by atoms with Gasteiger partial charge in [0, 0.05) is 6.54 Å². The Kier molecular flexibility index (Phi) is 5.90. The van der Waals surface area contributed by atoms with E-state index in [9.17, 15) is 5.11 Å². The van der Waals surface area contributed by atoms with E-state index in [-0.39, 0.29) is 5.89 Å². The van der Waals surface area contributed by atoms with Crippen molar-refractivity contribution >= 4 is 0 Å². The molecular formula is C20H24N2O2. The van der Waals surface area contributed by atoms with Gasteiger partial charge in [0.1, 0.15) is 5.76 Å². The van der Waals surface area contributed by atoms with Gasteiger partial charge in [-0.1, -0.05) is 61.7 Å². The van der Waals surface area contributed by atoms with Crippen LogP contribution in [0.2, 0.25) is 0 Å². The molecule has 4 heteroatoms. The van der Waals surface area contributed by atoms with Crippen LogP contribution in [0, 0.1) is 0 Å². The summed E-state index contributed by atoms with van der Waals surface area (Å²) in [5, 5.41) is 10.7. The minimum Gasteiger partial charge on any atom is -0.441 e. The zero-order valence-electron chi connectivity index (χ0n) is 14.3. The highest BCUT2D eigenvalue weighted by Gasteiger charge is 2.31. The maximum absolute atomic E-state index is 10.7. The average Bonchev–Trinajstić information content (AvgIpc) is 3.02. The van der Waals surface area contributed by atoms with Crippen molar-refractivity contribution in [2.24, 2.45) is 0 Å². The summed E-state index contributed by atoms with van der Waals surface area (Å²) in [4.78, 5) is 6.36. The summed E-state index contributed by atoms with van der Waals surface area (Å²) in [6.07, 6.45) is 6.52. The van der Waals surface area contributed by atoms with Gasteiger partial charge in [-0.05, 0) is 25.1 Å². The molecule has 1 atom stereocenters. The van der Waals surface area contributed by atoms with Crippen LogP contribution in [0.25, 0.3) is 0 Å². The van der Waals surface area contributed by atoms with Crippen molar-refractivity contribution in [1.29, 1.82) is 0 Å². The van der Waals surface area contributed by atoms with Gasteiger partial charge in [-0.2, -0.15) is 0 Å². The average molecular weight is 324 g/mol. The van der Waals surface area contributed by atoms with Crippen molar-refractivity contribution in [2.45, 2.75) is 25.6 Å². The molecule has 0 spiro atoms. The third kappa shape index (κ3) is 4.31. The highest BCUT2D eigenvalue weighted by Crippen LogP contribution is 2.29. The maximum Gasteiger partial charge on any atom is 0.230 e. The molecule has 1 heterocycles. The van der Waals surface area contributed by atoms with Gasteiger partial charge >= 0.3 is 0 Å². The van der Waals surface area contributed by atoms with E-state index in [1.54, 1.807) is 31.3 Å². The summed E-state index contributed by atoms with van der Waals surface area (Å²) >= 11 is 0. The Labute approximate surface area is 143 Å². The fourth-order valence-electron chi connectivity index (χ4n) is 2.50. The SMILES string of the molecule is C=C/C=C(\C=C)C(C)(O)c1ncc(CN(C)Cc2ccccc2)o1. The molecule has 1 aromatic heterocycles. The summed E-state index contributed by atoms with van der Waals surface area (Å²) in [6.45, 7) is 10.4. The maximum atomic E-state index is 10.7. The Bertz CT molecular complexity index is 714. The number of benzene rings is 1. The molecule has 0 amide bonds. The zero-order valence-corrected chi connectivity index (χ0v) is 14.3. The minimum atomic E-state index is -1.34. The molecule has 24 heavy (non-hydrogen) atoms. The lowest BCUT2D eigenvalue weighted by Crippen LogP contribution is -2.23. The number of hydrogen-bond donors (Lipinski definition) is 1. The van der Waals surface area contributed by atoms with Crippen molar-refractivity contribution < 1.29 is 9.52 Å². The fourth-order valence-corrected chi connectivity index (χ4v) is 2.50. The fraction of sp³-hybridized carbons (Fsp3) is 0.250. The molecule has 0 aliphatic heterocycles. The van der Waals surface area contributed by atoms with Crippen LogP contribution in [0.1, 0.15) is 24.1 Å².